The van der Waals surface area contributed by atoms with Crippen LogP contribution in [0.2, 0.25) is 39.3 Å². The average molecular weight is 428 g/mol. The van der Waals surface area contributed by atoms with Gasteiger partial charge in [-0.3, -0.25) is 9.15 Å². The predicted octanol–water partition coefficient (Wildman–Crippen LogP) is 2.70. The summed E-state index contributed by atoms with van der Waals surface area (Å²) < 4.78 is 36.4. The van der Waals surface area contributed by atoms with Gasteiger partial charge in [0, 0.05) is 0 Å². The van der Waals surface area contributed by atoms with E-state index < -0.39 is 33.3 Å². The fourth-order valence-electron chi connectivity index (χ4n) is 0.250. The van der Waals surface area contributed by atoms with Crippen LogP contribution in [0.15, 0.2) is 0 Å². The van der Waals surface area contributed by atoms with Gasteiger partial charge in [-0.05, 0) is 39.3 Å². The van der Waals surface area contributed by atoms with E-state index in [1.807, 2.05) is 0 Å². The summed E-state index contributed by atoms with van der Waals surface area (Å²) in [5.41, 5.74) is 0. The molecule has 0 saturated carbocycles. The fourth-order valence-corrected chi connectivity index (χ4v) is 2.25. The van der Waals surface area contributed by atoms with Gasteiger partial charge in [-0.2, -0.15) is 0 Å². The molecule has 0 amide bonds. The normalized spacial score (nSPS) is 10.8. The van der Waals surface area contributed by atoms with Crippen molar-refractivity contribution in [2.45, 2.75) is 39.3 Å². The van der Waals surface area contributed by atoms with Crippen molar-refractivity contribution in [2.24, 2.45) is 0 Å². The van der Waals surface area contributed by atoms with Crippen LogP contribution in [-0.4, -0.2) is 16.6 Å². The molecule has 15 heavy (non-hydrogen) atoms. The zero-order chi connectivity index (χ0) is 12.0. The SMILES string of the molecule is C[Si](C)(C)OO[Si](C)(C)C.[CH3-].[O]=[Re](=[O])=[O]. The second kappa shape index (κ2) is 8.55. The second-order valence-corrected chi connectivity index (χ2v) is 14.7. The Morgan fingerprint density at radius 3 is 0.933 bits per heavy atom. The molecule has 0 aliphatic heterocycles. The van der Waals surface area contributed by atoms with E-state index in [9.17, 15) is 0 Å². The molecule has 0 bridgehead atoms. The van der Waals surface area contributed by atoms with Gasteiger partial charge < -0.3 is 7.43 Å². The molecule has 0 aliphatic rings. The number of rotatable bonds is 3. The molecule has 0 N–H and O–H groups in total. The summed E-state index contributed by atoms with van der Waals surface area (Å²) in [5, 5.41) is 0. The van der Waals surface area contributed by atoms with Crippen LogP contribution in [0.25, 0.3) is 0 Å². The van der Waals surface area contributed by atoms with Crippen LogP contribution in [0.3, 0.4) is 0 Å². The third kappa shape index (κ3) is 40.4. The van der Waals surface area contributed by atoms with Crippen LogP contribution in [0.4, 0.5) is 0 Å². The summed E-state index contributed by atoms with van der Waals surface area (Å²) in [6.07, 6.45) is 0. The first-order valence-electron chi connectivity index (χ1n) is 4.04. The van der Waals surface area contributed by atoms with E-state index in [1.54, 1.807) is 0 Å². The van der Waals surface area contributed by atoms with Gasteiger partial charge in [0.25, 0.3) is 0 Å². The molecule has 0 spiro atoms. The Morgan fingerprint density at radius 2 is 0.867 bits per heavy atom. The number of hydrogen-bond donors (Lipinski definition) is 0. The van der Waals surface area contributed by atoms with E-state index in [0.29, 0.717) is 0 Å². The first-order chi connectivity index (χ1) is 5.94. The van der Waals surface area contributed by atoms with Gasteiger partial charge in [-0.1, -0.05) is 0 Å². The summed E-state index contributed by atoms with van der Waals surface area (Å²) in [6.45, 7) is 12.7. The summed E-state index contributed by atoms with van der Waals surface area (Å²) in [7, 11) is -2.91. The van der Waals surface area contributed by atoms with E-state index in [2.05, 4.69) is 39.3 Å². The molecule has 5 nitrogen and oxygen atoms in total. The van der Waals surface area contributed by atoms with Gasteiger partial charge in [-0.25, -0.2) is 0 Å². The topological polar surface area (TPSA) is 69.7 Å². The molecule has 0 saturated heterocycles. The minimum absolute atomic E-state index is 0. The van der Waals surface area contributed by atoms with Gasteiger partial charge in [0.1, 0.15) is 0 Å². The minimum atomic E-state index is -4.21. The van der Waals surface area contributed by atoms with Crippen molar-refractivity contribution in [1.29, 1.82) is 0 Å². The molecule has 0 rings (SSSR count). The van der Waals surface area contributed by atoms with Crippen LogP contribution in [-0.2, 0) is 36.2 Å². The molecule has 0 radical (unpaired) electrons. The van der Waals surface area contributed by atoms with Crippen LogP contribution in [0.5, 0.6) is 0 Å². The third-order valence-corrected chi connectivity index (χ3v) is 1.88. The molecule has 0 aromatic carbocycles. The molecule has 0 aliphatic carbocycles. The zero-order valence-electron chi connectivity index (χ0n) is 10.4. The van der Waals surface area contributed by atoms with E-state index in [0.717, 1.165) is 0 Å². The van der Waals surface area contributed by atoms with Crippen molar-refractivity contribution in [3.63, 3.8) is 0 Å². The Labute approximate surface area is 99.5 Å². The Kier molecular flexibility index (Phi) is 11.9. The first-order valence-corrected chi connectivity index (χ1v) is 14.2. The van der Waals surface area contributed by atoms with Crippen LogP contribution >= 0.6 is 0 Å². The van der Waals surface area contributed by atoms with E-state index in [1.165, 1.54) is 0 Å². The van der Waals surface area contributed by atoms with Crippen molar-refractivity contribution in [3.05, 3.63) is 7.43 Å². The van der Waals surface area contributed by atoms with Crippen LogP contribution < -0.4 is 0 Å². The van der Waals surface area contributed by atoms with E-state index >= 15 is 0 Å². The summed E-state index contributed by atoms with van der Waals surface area (Å²) >= 11 is -4.21. The molecule has 0 heterocycles. The van der Waals surface area contributed by atoms with Gasteiger partial charge in [0.2, 0.25) is 16.6 Å². The molecule has 8 heteroatoms. The monoisotopic (exact) mass is 428 g/mol. The number of hydrogen-bond acceptors (Lipinski definition) is 5. The quantitative estimate of drug-likeness (QED) is 0.300. The average Bonchev–Trinajstić information content (AvgIpc) is 1.79. The predicted molar refractivity (Wildman–Crippen MR) is 57.3 cm³/mol. The summed E-state index contributed by atoms with van der Waals surface area (Å²) in [6, 6.07) is 0. The second-order valence-electron chi connectivity index (χ2n) is 4.58. The third-order valence-electron chi connectivity index (χ3n) is 0.542. The molecule has 0 atom stereocenters. The Hall–Kier alpha value is 0.416. The summed E-state index contributed by atoms with van der Waals surface area (Å²) in [4.78, 5) is 0. The molecule has 0 unspecified atom stereocenters. The Morgan fingerprint density at radius 1 is 0.733 bits per heavy atom. The zero-order valence-corrected chi connectivity index (χ0v) is 15.1. The van der Waals surface area contributed by atoms with Crippen molar-refractivity contribution < 1.29 is 36.2 Å². The maximum atomic E-state index is 8.60. The van der Waals surface area contributed by atoms with Crippen LogP contribution in [0, 0.1) is 7.43 Å². The van der Waals surface area contributed by atoms with Gasteiger partial charge in [0.15, 0.2) is 0 Å². The molecular weight excluding hydrogens is 406 g/mol. The van der Waals surface area contributed by atoms with Gasteiger partial charge in [-0.15, -0.1) is 0 Å². The van der Waals surface area contributed by atoms with Crippen molar-refractivity contribution in [1.82, 2.24) is 0 Å². The van der Waals surface area contributed by atoms with Crippen molar-refractivity contribution >= 4 is 16.6 Å². The van der Waals surface area contributed by atoms with Crippen molar-refractivity contribution in [3.8, 4) is 0 Å². The van der Waals surface area contributed by atoms with E-state index in [4.69, 9.17) is 19.6 Å². The Bertz CT molecular complexity index is 226. The van der Waals surface area contributed by atoms with E-state index in [-0.39, 0.29) is 7.43 Å². The standard InChI is InChI=1S/C6H18O2Si2.CH3.3O.Re/c1-9(2,3)7-8-10(4,5)6;;;;;/h1-6H3;1H3;;;;/q;-1;;;;. The van der Waals surface area contributed by atoms with Gasteiger partial charge >= 0.3 is 27.0 Å². The maximum absolute atomic E-state index is 8.60. The van der Waals surface area contributed by atoms with Gasteiger partial charge in [0.05, 0.1) is 0 Å². The Balaban J connectivity index is -0.000000249. The molecule has 0 aromatic rings. The first kappa shape index (κ1) is 20.8. The molecule has 95 valence electrons. The van der Waals surface area contributed by atoms with Crippen LogP contribution in [0.1, 0.15) is 0 Å². The summed E-state index contributed by atoms with van der Waals surface area (Å²) in [5.74, 6) is 0. The molecule has 0 fully saturated rings. The van der Waals surface area contributed by atoms with Crippen molar-refractivity contribution in [2.75, 3.05) is 0 Å². The molecular formula is C7H21O5ReSi2-. The molecule has 0 aromatic heterocycles. The fraction of sp³-hybridized carbons (Fsp3) is 0.857.